The lowest BCUT2D eigenvalue weighted by Crippen LogP contribution is -2.34. The second kappa shape index (κ2) is 8.11. The van der Waals surface area contributed by atoms with Crippen molar-refractivity contribution < 1.29 is 5.11 Å². The average molecular weight is 228 g/mol. The molecule has 0 aliphatic carbocycles. The Kier molecular flexibility index (Phi) is 8.07. The van der Waals surface area contributed by atoms with E-state index in [9.17, 15) is 0 Å². The lowest BCUT2D eigenvalue weighted by molar-refractivity contribution is 0.283. The number of aliphatic hydroxyl groups is 1. The molecule has 2 heteroatoms. The molecular weight excluding hydrogens is 200 g/mol. The molecule has 1 nitrogen and oxygen atoms in total. The van der Waals surface area contributed by atoms with E-state index in [1.807, 2.05) is 0 Å². The van der Waals surface area contributed by atoms with Gasteiger partial charge in [0.25, 0.3) is 0 Å². The van der Waals surface area contributed by atoms with Gasteiger partial charge in [0, 0.05) is 6.61 Å². The van der Waals surface area contributed by atoms with Crippen LogP contribution in [0.5, 0.6) is 0 Å². The van der Waals surface area contributed by atoms with Crippen LogP contribution >= 0.6 is 0 Å². The number of hydrogen-bond donors (Lipinski definition) is 1. The monoisotopic (exact) mass is 228 g/mol. The SMILES string of the molecule is C=C(CCCCCO)[Si](CC)(CC)CC. The predicted octanol–water partition coefficient (Wildman–Crippen LogP) is 4.14. The lowest BCUT2D eigenvalue weighted by Gasteiger charge is -2.30. The van der Waals surface area contributed by atoms with Gasteiger partial charge in [0.2, 0.25) is 0 Å². The van der Waals surface area contributed by atoms with E-state index in [0.717, 1.165) is 12.8 Å². The van der Waals surface area contributed by atoms with Gasteiger partial charge in [0.15, 0.2) is 0 Å². The fraction of sp³-hybridized carbons (Fsp3) is 0.846. The minimum atomic E-state index is -1.14. The smallest absolute Gasteiger partial charge is 0.0799 e. The van der Waals surface area contributed by atoms with Crippen LogP contribution in [0, 0.1) is 0 Å². The summed E-state index contributed by atoms with van der Waals surface area (Å²) in [5.41, 5.74) is 0. The van der Waals surface area contributed by atoms with E-state index in [4.69, 9.17) is 5.11 Å². The van der Waals surface area contributed by atoms with E-state index in [-0.39, 0.29) is 0 Å². The van der Waals surface area contributed by atoms with Gasteiger partial charge in [-0.15, -0.1) is 6.58 Å². The van der Waals surface area contributed by atoms with Crippen LogP contribution in [-0.2, 0) is 0 Å². The molecule has 1 N–H and O–H groups in total. The highest BCUT2D eigenvalue weighted by Crippen LogP contribution is 2.30. The Hall–Kier alpha value is -0.0831. The zero-order chi connectivity index (χ0) is 11.7. The Balaban J connectivity index is 4.04. The molecule has 0 rings (SSSR count). The molecule has 0 saturated heterocycles. The first-order valence-corrected chi connectivity index (χ1v) is 9.08. The molecule has 0 bridgehead atoms. The van der Waals surface area contributed by atoms with Crippen molar-refractivity contribution in [2.24, 2.45) is 0 Å². The first-order valence-electron chi connectivity index (χ1n) is 6.46. The molecule has 0 aromatic rings. The van der Waals surface area contributed by atoms with Gasteiger partial charge in [-0.05, 0) is 19.3 Å². The minimum Gasteiger partial charge on any atom is -0.396 e. The number of allylic oxidation sites excluding steroid dienone is 1. The summed E-state index contributed by atoms with van der Waals surface area (Å²) in [5.74, 6) is 0. The van der Waals surface area contributed by atoms with Crippen LogP contribution in [-0.4, -0.2) is 19.8 Å². The summed E-state index contributed by atoms with van der Waals surface area (Å²) in [5, 5.41) is 10.3. The molecule has 0 spiro atoms. The van der Waals surface area contributed by atoms with Gasteiger partial charge in [-0.1, -0.05) is 50.5 Å². The Bertz CT molecular complexity index is 165. The number of hydrogen-bond acceptors (Lipinski definition) is 1. The Morgan fingerprint density at radius 2 is 1.53 bits per heavy atom. The van der Waals surface area contributed by atoms with Crippen LogP contribution in [0.2, 0.25) is 18.1 Å². The fourth-order valence-electron chi connectivity index (χ4n) is 2.39. The van der Waals surface area contributed by atoms with Gasteiger partial charge >= 0.3 is 0 Å². The van der Waals surface area contributed by atoms with Crippen molar-refractivity contribution in [1.29, 1.82) is 0 Å². The lowest BCUT2D eigenvalue weighted by atomic mass is 10.2. The van der Waals surface area contributed by atoms with Gasteiger partial charge in [-0.25, -0.2) is 0 Å². The molecule has 0 atom stereocenters. The Morgan fingerprint density at radius 3 is 1.93 bits per heavy atom. The second-order valence-electron chi connectivity index (χ2n) is 4.48. The molecular formula is C13H28OSi. The van der Waals surface area contributed by atoms with E-state index in [1.165, 1.54) is 31.0 Å². The molecule has 0 aromatic carbocycles. The molecule has 0 fully saturated rings. The topological polar surface area (TPSA) is 20.2 Å². The van der Waals surface area contributed by atoms with Crippen LogP contribution in [0.3, 0.4) is 0 Å². The van der Waals surface area contributed by atoms with Gasteiger partial charge in [0.05, 0.1) is 8.07 Å². The maximum absolute atomic E-state index is 8.72. The van der Waals surface area contributed by atoms with Crippen molar-refractivity contribution in [3.05, 3.63) is 11.8 Å². The van der Waals surface area contributed by atoms with E-state index in [1.54, 1.807) is 5.20 Å². The van der Waals surface area contributed by atoms with Crippen molar-refractivity contribution in [2.75, 3.05) is 6.61 Å². The van der Waals surface area contributed by atoms with Crippen molar-refractivity contribution in [3.63, 3.8) is 0 Å². The third kappa shape index (κ3) is 4.52. The third-order valence-electron chi connectivity index (χ3n) is 3.92. The molecule has 0 unspecified atom stereocenters. The second-order valence-corrected chi connectivity index (χ2v) is 9.87. The zero-order valence-electron chi connectivity index (χ0n) is 10.8. The predicted molar refractivity (Wildman–Crippen MR) is 71.9 cm³/mol. The van der Waals surface area contributed by atoms with Crippen LogP contribution in [0.4, 0.5) is 0 Å². The maximum Gasteiger partial charge on any atom is 0.0799 e. The molecule has 0 aliphatic heterocycles. The summed E-state index contributed by atoms with van der Waals surface area (Å²) in [6.07, 6.45) is 4.51. The summed E-state index contributed by atoms with van der Waals surface area (Å²) < 4.78 is 0. The highest BCUT2D eigenvalue weighted by atomic mass is 28.3. The van der Waals surface area contributed by atoms with Crippen LogP contribution < -0.4 is 0 Å². The van der Waals surface area contributed by atoms with E-state index in [2.05, 4.69) is 27.4 Å². The molecule has 0 aliphatic rings. The van der Waals surface area contributed by atoms with Crippen LogP contribution in [0.1, 0.15) is 46.5 Å². The van der Waals surface area contributed by atoms with Gasteiger partial charge < -0.3 is 5.11 Å². The van der Waals surface area contributed by atoms with Gasteiger partial charge in [0.1, 0.15) is 0 Å². The Morgan fingerprint density at radius 1 is 1.00 bits per heavy atom. The zero-order valence-corrected chi connectivity index (χ0v) is 11.8. The highest BCUT2D eigenvalue weighted by Gasteiger charge is 2.29. The molecule has 15 heavy (non-hydrogen) atoms. The highest BCUT2D eigenvalue weighted by molar-refractivity contribution is 6.86. The number of aliphatic hydroxyl groups excluding tert-OH is 1. The van der Waals surface area contributed by atoms with E-state index >= 15 is 0 Å². The number of rotatable bonds is 9. The largest absolute Gasteiger partial charge is 0.396 e. The molecule has 0 heterocycles. The molecule has 0 aromatic heterocycles. The van der Waals surface area contributed by atoms with Gasteiger partial charge in [-0.2, -0.15) is 0 Å². The van der Waals surface area contributed by atoms with Crippen molar-refractivity contribution in [3.8, 4) is 0 Å². The normalized spacial score (nSPS) is 11.7. The first kappa shape index (κ1) is 14.9. The fourth-order valence-corrected chi connectivity index (χ4v) is 6.10. The molecule has 0 saturated carbocycles. The maximum atomic E-state index is 8.72. The summed E-state index contributed by atoms with van der Waals surface area (Å²) in [4.78, 5) is 0. The van der Waals surface area contributed by atoms with Crippen LogP contribution in [0.25, 0.3) is 0 Å². The Labute approximate surface area is 96.6 Å². The minimum absolute atomic E-state index is 0.338. The quantitative estimate of drug-likeness (QED) is 0.464. The molecule has 0 radical (unpaired) electrons. The summed E-state index contributed by atoms with van der Waals surface area (Å²) in [6, 6.07) is 4.04. The molecule has 90 valence electrons. The summed E-state index contributed by atoms with van der Waals surface area (Å²) in [7, 11) is -1.14. The van der Waals surface area contributed by atoms with Crippen LogP contribution in [0.15, 0.2) is 11.8 Å². The van der Waals surface area contributed by atoms with Crippen molar-refractivity contribution in [2.45, 2.75) is 64.6 Å². The van der Waals surface area contributed by atoms with Crippen molar-refractivity contribution in [1.82, 2.24) is 0 Å². The average Bonchev–Trinajstić information content (AvgIpc) is 2.28. The van der Waals surface area contributed by atoms with Gasteiger partial charge in [-0.3, -0.25) is 0 Å². The van der Waals surface area contributed by atoms with Crippen molar-refractivity contribution >= 4 is 8.07 Å². The summed E-state index contributed by atoms with van der Waals surface area (Å²) in [6.45, 7) is 11.7. The first-order chi connectivity index (χ1) is 7.16. The molecule has 0 amide bonds. The summed E-state index contributed by atoms with van der Waals surface area (Å²) >= 11 is 0. The van der Waals surface area contributed by atoms with E-state index in [0.29, 0.717) is 6.61 Å². The number of unbranched alkanes of at least 4 members (excludes halogenated alkanes) is 2. The van der Waals surface area contributed by atoms with E-state index < -0.39 is 8.07 Å². The standard InChI is InChI=1S/C13H28OSi/c1-5-15(6-2,7-3)13(4)11-9-8-10-12-14/h14H,4-12H2,1-3H3. The third-order valence-corrected chi connectivity index (χ3v) is 9.73.